The van der Waals surface area contributed by atoms with Crippen LogP contribution < -0.4 is 10.5 Å². The van der Waals surface area contributed by atoms with E-state index in [9.17, 15) is 4.79 Å². The Hall–Kier alpha value is -1.51. The van der Waals surface area contributed by atoms with E-state index in [-0.39, 0.29) is 0 Å². The molecule has 2 N–H and O–H groups in total. The van der Waals surface area contributed by atoms with Crippen LogP contribution in [0.2, 0.25) is 0 Å². The van der Waals surface area contributed by atoms with Crippen molar-refractivity contribution in [2.45, 2.75) is 13.3 Å². The second kappa shape index (κ2) is 3.94. The molecule has 1 amide bonds. The number of benzene rings is 1. The Morgan fingerprint density at radius 2 is 2.23 bits per heavy atom. The summed E-state index contributed by atoms with van der Waals surface area (Å²) in [7, 11) is 1.53. The first-order chi connectivity index (χ1) is 6.19. The van der Waals surface area contributed by atoms with E-state index < -0.39 is 5.91 Å². The molecular weight excluding hydrogens is 166 g/mol. The summed E-state index contributed by atoms with van der Waals surface area (Å²) in [4.78, 5) is 10.9. The van der Waals surface area contributed by atoms with Gasteiger partial charge in [0.15, 0.2) is 0 Å². The Balaban J connectivity index is 3.15. The van der Waals surface area contributed by atoms with Crippen molar-refractivity contribution in [3.63, 3.8) is 0 Å². The molecule has 0 unspecified atom stereocenters. The summed E-state index contributed by atoms with van der Waals surface area (Å²) < 4.78 is 5.05. The molecular formula is C10H13NO2. The first kappa shape index (κ1) is 9.58. The van der Waals surface area contributed by atoms with Crippen LogP contribution in [0.1, 0.15) is 22.8 Å². The van der Waals surface area contributed by atoms with Gasteiger partial charge in [0, 0.05) is 0 Å². The summed E-state index contributed by atoms with van der Waals surface area (Å²) in [6, 6.07) is 5.41. The van der Waals surface area contributed by atoms with Gasteiger partial charge < -0.3 is 10.5 Å². The third-order valence-corrected chi connectivity index (χ3v) is 1.94. The van der Waals surface area contributed by atoms with Crippen LogP contribution in [0.3, 0.4) is 0 Å². The van der Waals surface area contributed by atoms with E-state index in [1.807, 2.05) is 19.1 Å². The first-order valence-electron chi connectivity index (χ1n) is 4.15. The number of primary amides is 1. The normalized spacial score (nSPS) is 9.69. The number of carbonyl (C=O) groups is 1. The second-order valence-electron chi connectivity index (χ2n) is 2.75. The number of nitrogens with two attached hydrogens (primary N) is 1. The van der Waals surface area contributed by atoms with Crippen molar-refractivity contribution in [3.8, 4) is 5.75 Å². The maximum absolute atomic E-state index is 10.9. The van der Waals surface area contributed by atoms with Gasteiger partial charge in [-0.25, -0.2) is 0 Å². The third kappa shape index (κ3) is 1.99. The number of methoxy groups -OCH3 is 1. The minimum Gasteiger partial charge on any atom is -0.496 e. The molecule has 0 saturated carbocycles. The lowest BCUT2D eigenvalue weighted by Gasteiger charge is -2.06. The summed E-state index contributed by atoms with van der Waals surface area (Å²) in [5.74, 6) is 0.0892. The Labute approximate surface area is 77.5 Å². The van der Waals surface area contributed by atoms with E-state index in [0.29, 0.717) is 11.3 Å². The fourth-order valence-corrected chi connectivity index (χ4v) is 1.16. The van der Waals surface area contributed by atoms with Crippen LogP contribution in [-0.2, 0) is 6.42 Å². The van der Waals surface area contributed by atoms with Gasteiger partial charge in [0.2, 0.25) is 0 Å². The molecule has 0 saturated heterocycles. The minimum absolute atomic E-state index is 0.430. The van der Waals surface area contributed by atoms with Crippen LogP contribution in [0.15, 0.2) is 18.2 Å². The fourth-order valence-electron chi connectivity index (χ4n) is 1.16. The molecule has 0 aliphatic rings. The summed E-state index contributed by atoms with van der Waals surface area (Å²) in [5.41, 5.74) is 6.72. The van der Waals surface area contributed by atoms with Gasteiger partial charge in [-0.15, -0.1) is 0 Å². The molecule has 0 spiro atoms. The van der Waals surface area contributed by atoms with Gasteiger partial charge in [-0.2, -0.15) is 0 Å². The van der Waals surface area contributed by atoms with Crippen molar-refractivity contribution in [1.82, 2.24) is 0 Å². The number of ether oxygens (including phenoxy) is 1. The van der Waals surface area contributed by atoms with Crippen LogP contribution in [0.4, 0.5) is 0 Å². The predicted octanol–water partition coefficient (Wildman–Crippen LogP) is 1.36. The highest BCUT2D eigenvalue weighted by molar-refractivity contribution is 5.95. The lowest BCUT2D eigenvalue weighted by molar-refractivity contribution is 0.0997. The Morgan fingerprint density at radius 3 is 2.69 bits per heavy atom. The number of rotatable bonds is 3. The topological polar surface area (TPSA) is 52.3 Å². The van der Waals surface area contributed by atoms with Crippen molar-refractivity contribution in [3.05, 3.63) is 29.3 Å². The zero-order chi connectivity index (χ0) is 9.84. The summed E-state index contributed by atoms with van der Waals surface area (Å²) in [6.07, 6.45) is 0.912. The fraction of sp³-hybridized carbons (Fsp3) is 0.300. The molecule has 0 aromatic heterocycles. The molecule has 0 aliphatic carbocycles. The largest absolute Gasteiger partial charge is 0.496 e. The number of aryl methyl sites for hydroxylation is 1. The van der Waals surface area contributed by atoms with Crippen molar-refractivity contribution >= 4 is 5.91 Å². The van der Waals surface area contributed by atoms with Crippen LogP contribution in [-0.4, -0.2) is 13.0 Å². The van der Waals surface area contributed by atoms with E-state index >= 15 is 0 Å². The highest BCUT2D eigenvalue weighted by atomic mass is 16.5. The van der Waals surface area contributed by atoms with Crippen LogP contribution in [0.5, 0.6) is 5.75 Å². The molecule has 3 nitrogen and oxygen atoms in total. The Morgan fingerprint density at radius 1 is 1.54 bits per heavy atom. The van der Waals surface area contributed by atoms with E-state index in [2.05, 4.69) is 0 Å². The third-order valence-electron chi connectivity index (χ3n) is 1.94. The zero-order valence-corrected chi connectivity index (χ0v) is 7.83. The molecule has 70 valence electrons. The van der Waals surface area contributed by atoms with Crippen LogP contribution in [0, 0.1) is 0 Å². The van der Waals surface area contributed by atoms with Gasteiger partial charge in [0.05, 0.1) is 12.7 Å². The van der Waals surface area contributed by atoms with Crippen molar-refractivity contribution in [2.75, 3.05) is 7.11 Å². The van der Waals surface area contributed by atoms with Gasteiger partial charge in [-0.05, 0) is 24.1 Å². The molecule has 13 heavy (non-hydrogen) atoms. The lowest BCUT2D eigenvalue weighted by atomic mass is 10.1. The first-order valence-corrected chi connectivity index (χ1v) is 4.15. The number of hydrogen-bond acceptors (Lipinski definition) is 2. The SMILES string of the molecule is CCc1ccc(C(N)=O)c(OC)c1. The van der Waals surface area contributed by atoms with Gasteiger partial charge in [-0.1, -0.05) is 13.0 Å². The Kier molecular flexibility index (Phi) is 2.90. The molecule has 0 bridgehead atoms. The quantitative estimate of drug-likeness (QED) is 0.761. The van der Waals surface area contributed by atoms with Gasteiger partial charge >= 0.3 is 0 Å². The summed E-state index contributed by atoms with van der Waals surface area (Å²) in [5, 5.41) is 0. The summed E-state index contributed by atoms with van der Waals surface area (Å²) in [6.45, 7) is 2.04. The smallest absolute Gasteiger partial charge is 0.252 e. The molecule has 3 heteroatoms. The number of carbonyl (C=O) groups excluding carboxylic acids is 1. The molecule has 0 radical (unpaired) electrons. The molecule has 0 heterocycles. The maximum Gasteiger partial charge on any atom is 0.252 e. The van der Waals surface area contributed by atoms with Gasteiger partial charge in [0.25, 0.3) is 5.91 Å². The summed E-state index contributed by atoms with van der Waals surface area (Å²) >= 11 is 0. The number of hydrogen-bond donors (Lipinski definition) is 1. The maximum atomic E-state index is 10.9. The monoisotopic (exact) mass is 179 g/mol. The molecule has 1 rings (SSSR count). The molecule has 0 atom stereocenters. The van der Waals surface area contributed by atoms with Gasteiger partial charge in [0.1, 0.15) is 5.75 Å². The highest BCUT2D eigenvalue weighted by Gasteiger charge is 2.08. The molecule has 1 aromatic carbocycles. The highest BCUT2D eigenvalue weighted by Crippen LogP contribution is 2.19. The second-order valence-corrected chi connectivity index (χ2v) is 2.75. The number of amides is 1. The lowest BCUT2D eigenvalue weighted by Crippen LogP contribution is -2.12. The van der Waals surface area contributed by atoms with Crippen molar-refractivity contribution in [2.24, 2.45) is 5.73 Å². The van der Waals surface area contributed by atoms with Crippen LogP contribution >= 0.6 is 0 Å². The van der Waals surface area contributed by atoms with Crippen molar-refractivity contribution < 1.29 is 9.53 Å². The molecule has 0 aliphatic heterocycles. The average molecular weight is 179 g/mol. The van der Waals surface area contributed by atoms with Crippen LogP contribution in [0.25, 0.3) is 0 Å². The zero-order valence-electron chi connectivity index (χ0n) is 7.83. The Bertz CT molecular complexity index is 321. The van der Waals surface area contributed by atoms with E-state index in [4.69, 9.17) is 10.5 Å². The molecule has 1 aromatic rings. The minimum atomic E-state index is -0.459. The van der Waals surface area contributed by atoms with E-state index in [0.717, 1.165) is 12.0 Å². The standard InChI is InChI=1S/C10H13NO2/c1-3-7-4-5-8(10(11)12)9(6-7)13-2/h4-6H,3H2,1-2H3,(H2,11,12). The van der Waals surface area contributed by atoms with E-state index in [1.54, 1.807) is 6.07 Å². The van der Waals surface area contributed by atoms with Crippen molar-refractivity contribution in [1.29, 1.82) is 0 Å². The van der Waals surface area contributed by atoms with E-state index in [1.165, 1.54) is 7.11 Å². The predicted molar refractivity (Wildman–Crippen MR) is 50.9 cm³/mol. The van der Waals surface area contributed by atoms with Gasteiger partial charge in [-0.3, -0.25) is 4.79 Å². The molecule has 0 fully saturated rings. The average Bonchev–Trinajstić information content (AvgIpc) is 2.16.